The predicted octanol–water partition coefficient (Wildman–Crippen LogP) is 8.10. The third-order valence-corrected chi connectivity index (χ3v) is 5.58. The van der Waals surface area contributed by atoms with Crippen molar-refractivity contribution >= 4 is 45.6 Å². The average molecular weight is 444 g/mol. The van der Waals surface area contributed by atoms with E-state index in [1.807, 2.05) is 73.7 Å². The van der Waals surface area contributed by atoms with Gasteiger partial charge in [0.2, 0.25) is 0 Å². The second-order valence-corrected chi connectivity index (χ2v) is 8.13. The molecule has 4 heteroatoms. The summed E-state index contributed by atoms with van der Waals surface area (Å²) in [5.74, 6) is 0.435. The predicted molar refractivity (Wildman–Crippen MR) is 129 cm³/mol. The van der Waals surface area contributed by atoms with Crippen LogP contribution in [0.5, 0.6) is 5.75 Å². The van der Waals surface area contributed by atoms with Crippen molar-refractivity contribution < 1.29 is 4.74 Å². The Kier molecular flexibility index (Phi) is 6.28. The SMILES string of the molecule is Cc1ccc(COc2c(Cl)cc(/C=C(/C#N)c3ccc4ccccc4c3)cc2Cl)cc1. The molecule has 4 aromatic carbocycles. The summed E-state index contributed by atoms with van der Waals surface area (Å²) in [6, 6.07) is 27.9. The molecular formula is C27H19Cl2NO. The first-order chi connectivity index (χ1) is 15.0. The summed E-state index contributed by atoms with van der Waals surface area (Å²) in [6.07, 6.45) is 1.78. The van der Waals surface area contributed by atoms with E-state index in [0.717, 1.165) is 27.5 Å². The Labute approximate surface area is 191 Å². The van der Waals surface area contributed by atoms with E-state index in [-0.39, 0.29) is 0 Å². The van der Waals surface area contributed by atoms with Crippen molar-refractivity contribution in [1.29, 1.82) is 5.26 Å². The molecule has 152 valence electrons. The van der Waals surface area contributed by atoms with Crippen LogP contribution in [-0.4, -0.2) is 0 Å². The fourth-order valence-corrected chi connectivity index (χ4v) is 3.96. The first-order valence-corrected chi connectivity index (χ1v) is 10.6. The highest BCUT2D eigenvalue weighted by atomic mass is 35.5. The molecule has 0 spiro atoms. The molecule has 4 aromatic rings. The van der Waals surface area contributed by atoms with Gasteiger partial charge >= 0.3 is 0 Å². The Morgan fingerprint density at radius 3 is 2.26 bits per heavy atom. The van der Waals surface area contributed by atoms with Gasteiger partial charge in [0.1, 0.15) is 6.61 Å². The van der Waals surface area contributed by atoms with Crippen molar-refractivity contribution in [2.24, 2.45) is 0 Å². The second kappa shape index (κ2) is 9.27. The smallest absolute Gasteiger partial charge is 0.157 e. The van der Waals surface area contributed by atoms with Gasteiger partial charge in [0.05, 0.1) is 21.7 Å². The third-order valence-electron chi connectivity index (χ3n) is 5.02. The van der Waals surface area contributed by atoms with Crippen LogP contribution in [0.15, 0.2) is 78.9 Å². The summed E-state index contributed by atoms with van der Waals surface area (Å²) in [7, 11) is 0. The summed E-state index contributed by atoms with van der Waals surface area (Å²) < 4.78 is 5.86. The van der Waals surface area contributed by atoms with Crippen LogP contribution in [0.1, 0.15) is 22.3 Å². The van der Waals surface area contributed by atoms with Crippen LogP contribution in [0.3, 0.4) is 0 Å². The lowest BCUT2D eigenvalue weighted by atomic mass is 10.00. The van der Waals surface area contributed by atoms with Gasteiger partial charge in [-0.05, 0) is 58.7 Å². The van der Waals surface area contributed by atoms with Crippen molar-refractivity contribution in [2.75, 3.05) is 0 Å². The molecule has 2 nitrogen and oxygen atoms in total. The maximum absolute atomic E-state index is 9.73. The van der Waals surface area contributed by atoms with Crippen molar-refractivity contribution in [2.45, 2.75) is 13.5 Å². The number of allylic oxidation sites excluding steroid dienone is 1. The Morgan fingerprint density at radius 1 is 0.903 bits per heavy atom. The minimum absolute atomic E-state index is 0.370. The third kappa shape index (κ3) is 4.91. The molecule has 31 heavy (non-hydrogen) atoms. The van der Waals surface area contributed by atoms with Crippen LogP contribution in [-0.2, 0) is 6.61 Å². The number of rotatable bonds is 5. The fraction of sp³-hybridized carbons (Fsp3) is 0.0741. The van der Waals surface area contributed by atoms with Crippen molar-refractivity contribution in [1.82, 2.24) is 0 Å². The van der Waals surface area contributed by atoms with Crippen LogP contribution >= 0.6 is 23.2 Å². The summed E-state index contributed by atoms with van der Waals surface area (Å²) in [4.78, 5) is 0. The molecule has 0 atom stereocenters. The first-order valence-electron chi connectivity index (χ1n) is 9.82. The maximum Gasteiger partial charge on any atom is 0.157 e. The van der Waals surface area contributed by atoms with Gasteiger partial charge in [-0.15, -0.1) is 0 Å². The number of halogens is 2. The lowest BCUT2D eigenvalue weighted by Crippen LogP contribution is -1.97. The van der Waals surface area contributed by atoms with Crippen molar-refractivity contribution in [3.05, 3.63) is 111 Å². The molecule has 0 aromatic heterocycles. The van der Waals surface area contributed by atoms with Crippen LogP contribution in [0, 0.1) is 18.3 Å². The number of ether oxygens (including phenoxy) is 1. The number of nitriles is 1. The molecule has 0 amide bonds. The zero-order valence-electron chi connectivity index (χ0n) is 16.9. The molecule has 0 saturated carbocycles. The molecule has 0 N–H and O–H groups in total. The van der Waals surface area contributed by atoms with E-state index in [1.54, 1.807) is 18.2 Å². The summed E-state index contributed by atoms with van der Waals surface area (Å²) in [5, 5.41) is 12.7. The Morgan fingerprint density at radius 2 is 1.58 bits per heavy atom. The van der Waals surface area contributed by atoms with Gasteiger partial charge in [-0.2, -0.15) is 5.26 Å². The van der Waals surface area contributed by atoms with Gasteiger partial charge in [0.15, 0.2) is 5.75 Å². The maximum atomic E-state index is 9.73. The highest BCUT2D eigenvalue weighted by Gasteiger charge is 2.11. The van der Waals surface area contributed by atoms with Crippen molar-refractivity contribution in [3.63, 3.8) is 0 Å². The summed E-state index contributed by atoms with van der Waals surface area (Å²) >= 11 is 12.9. The van der Waals surface area contributed by atoms with E-state index in [0.29, 0.717) is 28.0 Å². The van der Waals surface area contributed by atoms with Crippen LogP contribution in [0.25, 0.3) is 22.4 Å². The Bertz CT molecular complexity index is 1290. The van der Waals surface area contributed by atoms with Gasteiger partial charge in [0, 0.05) is 0 Å². The van der Waals surface area contributed by atoms with Gasteiger partial charge in [0.25, 0.3) is 0 Å². The Balaban J connectivity index is 1.60. The molecule has 0 heterocycles. The molecular weight excluding hydrogens is 425 g/mol. The number of hydrogen-bond acceptors (Lipinski definition) is 2. The second-order valence-electron chi connectivity index (χ2n) is 7.32. The summed E-state index contributed by atoms with van der Waals surface area (Å²) in [6.45, 7) is 2.41. The van der Waals surface area contributed by atoms with E-state index >= 15 is 0 Å². The van der Waals surface area contributed by atoms with Crippen LogP contribution in [0.2, 0.25) is 10.0 Å². The highest BCUT2D eigenvalue weighted by Crippen LogP contribution is 2.36. The van der Waals surface area contributed by atoms with E-state index in [2.05, 4.69) is 6.07 Å². The standard InChI is InChI=1S/C27H19Cl2NO/c1-18-6-8-19(9-7-18)17-31-27-25(28)13-20(14-26(27)29)12-24(16-30)23-11-10-21-4-2-3-5-22(21)15-23/h2-15H,17H2,1H3/b24-12-. The number of fused-ring (bicyclic) bond motifs is 1. The van der Waals surface area contributed by atoms with E-state index in [4.69, 9.17) is 27.9 Å². The molecule has 0 radical (unpaired) electrons. The van der Waals surface area contributed by atoms with Crippen LogP contribution in [0.4, 0.5) is 0 Å². The topological polar surface area (TPSA) is 33.0 Å². The fourth-order valence-electron chi connectivity index (χ4n) is 3.34. The molecule has 0 bridgehead atoms. The zero-order chi connectivity index (χ0) is 21.8. The number of aryl methyl sites for hydroxylation is 1. The minimum Gasteiger partial charge on any atom is -0.486 e. The van der Waals surface area contributed by atoms with Crippen molar-refractivity contribution in [3.8, 4) is 11.8 Å². The lowest BCUT2D eigenvalue weighted by Gasteiger charge is -2.11. The average Bonchev–Trinajstić information content (AvgIpc) is 2.78. The largest absolute Gasteiger partial charge is 0.486 e. The molecule has 0 aliphatic rings. The zero-order valence-corrected chi connectivity index (χ0v) is 18.4. The molecule has 4 rings (SSSR count). The number of nitrogens with zero attached hydrogens (tertiary/aromatic N) is 1. The summed E-state index contributed by atoms with van der Waals surface area (Å²) in [5.41, 5.74) is 4.34. The van der Waals surface area contributed by atoms with Gasteiger partial charge in [-0.25, -0.2) is 0 Å². The number of hydrogen-bond donors (Lipinski definition) is 0. The normalized spacial score (nSPS) is 11.4. The Hall–Kier alpha value is -3.25. The molecule has 0 aliphatic heterocycles. The molecule has 0 unspecified atom stereocenters. The monoisotopic (exact) mass is 443 g/mol. The van der Waals surface area contributed by atoms with Gasteiger partial charge in [-0.1, -0.05) is 89.4 Å². The van der Waals surface area contributed by atoms with E-state index in [1.165, 1.54) is 5.56 Å². The molecule has 0 aliphatic carbocycles. The first kappa shape index (κ1) is 21.0. The van der Waals surface area contributed by atoms with E-state index < -0.39 is 0 Å². The minimum atomic E-state index is 0.370. The molecule has 0 saturated heterocycles. The van der Waals surface area contributed by atoms with Crippen LogP contribution < -0.4 is 4.74 Å². The molecule has 0 fully saturated rings. The van der Waals surface area contributed by atoms with Gasteiger partial charge in [-0.3, -0.25) is 0 Å². The van der Waals surface area contributed by atoms with Gasteiger partial charge < -0.3 is 4.74 Å². The quantitative estimate of drug-likeness (QED) is 0.230. The number of benzene rings is 4. The lowest BCUT2D eigenvalue weighted by molar-refractivity contribution is 0.306. The van der Waals surface area contributed by atoms with E-state index in [9.17, 15) is 5.26 Å². The highest BCUT2D eigenvalue weighted by molar-refractivity contribution is 6.37.